The normalized spacial score (nSPS) is 11.3. The van der Waals surface area contributed by atoms with Crippen LogP contribution < -0.4 is 9.46 Å². The van der Waals surface area contributed by atoms with E-state index in [2.05, 4.69) is 4.72 Å². The van der Waals surface area contributed by atoms with Gasteiger partial charge in [-0.25, -0.2) is 13.1 Å². The second-order valence-electron chi connectivity index (χ2n) is 5.66. The number of ketones is 1. The van der Waals surface area contributed by atoms with Crippen molar-refractivity contribution in [3.8, 4) is 5.75 Å². The number of Topliss-reactive ketones (excluding diaryl/α,β-unsaturated/α-hetero) is 1. The molecular formula is C18H21NO4S. The lowest BCUT2D eigenvalue weighted by Crippen LogP contribution is -2.24. The van der Waals surface area contributed by atoms with Gasteiger partial charge in [-0.15, -0.1) is 0 Å². The first-order valence-electron chi connectivity index (χ1n) is 7.49. The van der Waals surface area contributed by atoms with E-state index < -0.39 is 10.0 Å². The third-order valence-corrected chi connectivity index (χ3v) is 5.26. The highest BCUT2D eigenvalue weighted by molar-refractivity contribution is 7.89. The van der Waals surface area contributed by atoms with Crippen LogP contribution >= 0.6 is 0 Å². The predicted octanol–water partition coefficient (Wildman–Crippen LogP) is 2.99. The van der Waals surface area contributed by atoms with E-state index in [1.165, 1.54) is 19.1 Å². The van der Waals surface area contributed by atoms with E-state index in [1.54, 1.807) is 19.2 Å². The number of carbonyl (C=O) groups is 1. The van der Waals surface area contributed by atoms with Gasteiger partial charge in [0.15, 0.2) is 5.78 Å². The number of aryl methyl sites for hydroxylation is 2. The zero-order valence-electron chi connectivity index (χ0n) is 14.2. The molecule has 128 valence electrons. The van der Waals surface area contributed by atoms with E-state index in [-0.39, 0.29) is 17.2 Å². The summed E-state index contributed by atoms with van der Waals surface area (Å²) in [6, 6.07) is 9.81. The van der Waals surface area contributed by atoms with Crippen LogP contribution in [0.2, 0.25) is 0 Å². The third kappa shape index (κ3) is 4.01. The van der Waals surface area contributed by atoms with Crippen molar-refractivity contribution in [3.63, 3.8) is 0 Å². The molecule has 24 heavy (non-hydrogen) atoms. The van der Waals surface area contributed by atoms with E-state index in [0.29, 0.717) is 5.56 Å². The second-order valence-corrected chi connectivity index (χ2v) is 7.42. The third-order valence-electron chi connectivity index (χ3n) is 3.86. The minimum Gasteiger partial charge on any atom is -0.496 e. The summed E-state index contributed by atoms with van der Waals surface area (Å²) in [5.74, 6) is 0.599. The molecule has 2 aromatic rings. The molecule has 2 rings (SSSR count). The van der Waals surface area contributed by atoms with Gasteiger partial charge in [-0.2, -0.15) is 0 Å². The van der Waals surface area contributed by atoms with Crippen LogP contribution in [0.15, 0.2) is 41.3 Å². The largest absolute Gasteiger partial charge is 0.496 e. The van der Waals surface area contributed by atoms with Gasteiger partial charge in [-0.05, 0) is 55.7 Å². The Bertz CT molecular complexity index is 873. The first-order valence-corrected chi connectivity index (χ1v) is 8.97. The van der Waals surface area contributed by atoms with Crippen molar-refractivity contribution >= 4 is 15.8 Å². The molecule has 0 aromatic heterocycles. The highest BCUT2D eigenvalue weighted by atomic mass is 32.2. The maximum Gasteiger partial charge on any atom is 0.240 e. The highest BCUT2D eigenvalue weighted by Crippen LogP contribution is 2.23. The fraction of sp³-hybridized carbons (Fsp3) is 0.278. The van der Waals surface area contributed by atoms with E-state index >= 15 is 0 Å². The average molecular weight is 347 g/mol. The Hall–Kier alpha value is -2.18. The smallest absolute Gasteiger partial charge is 0.240 e. The number of nitrogens with one attached hydrogen (secondary N) is 1. The molecule has 0 saturated carbocycles. The summed E-state index contributed by atoms with van der Waals surface area (Å²) in [5.41, 5.74) is 3.13. The number of carbonyl (C=O) groups excluding carboxylic acids is 1. The molecule has 2 aromatic carbocycles. The molecular weight excluding hydrogens is 326 g/mol. The van der Waals surface area contributed by atoms with Crippen LogP contribution in [-0.2, 0) is 16.6 Å². The number of benzene rings is 2. The van der Waals surface area contributed by atoms with Crippen molar-refractivity contribution in [2.24, 2.45) is 0 Å². The Morgan fingerprint density at radius 3 is 2.46 bits per heavy atom. The summed E-state index contributed by atoms with van der Waals surface area (Å²) < 4.78 is 32.7. The molecule has 5 nitrogen and oxygen atoms in total. The Balaban J connectivity index is 2.23. The van der Waals surface area contributed by atoms with Gasteiger partial charge < -0.3 is 4.74 Å². The SMILES string of the molecule is COc1cc(C)c(CNS(=O)(=O)c2cccc(C(C)=O)c2)cc1C. The molecule has 0 fully saturated rings. The quantitative estimate of drug-likeness (QED) is 0.816. The summed E-state index contributed by atoms with van der Waals surface area (Å²) >= 11 is 0. The van der Waals surface area contributed by atoms with Gasteiger partial charge in [-0.1, -0.05) is 18.2 Å². The van der Waals surface area contributed by atoms with Crippen LogP contribution in [0.4, 0.5) is 0 Å². The molecule has 0 heterocycles. The number of ether oxygens (including phenoxy) is 1. The van der Waals surface area contributed by atoms with Gasteiger partial charge in [0.05, 0.1) is 12.0 Å². The monoisotopic (exact) mass is 347 g/mol. The second kappa shape index (κ2) is 7.15. The van der Waals surface area contributed by atoms with Gasteiger partial charge in [-0.3, -0.25) is 4.79 Å². The highest BCUT2D eigenvalue weighted by Gasteiger charge is 2.16. The fourth-order valence-corrected chi connectivity index (χ4v) is 3.45. The average Bonchev–Trinajstić information content (AvgIpc) is 2.55. The van der Waals surface area contributed by atoms with Crippen molar-refractivity contribution in [2.45, 2.75) is 32.2 Å². The van der Waals surface area contributed by atoms with Crippen LogP contribution in [0, 0.1) is 13.8 Å². The van der Waals surface area contributed by atoms with Crippen molar-refractivity contribution in [2.75, 3.05) is 7.11 Å². The number of methoxy groups -OCH3 is 1. The molecule has 0 unspecified atom stereocenters. The predicted molar refractivity (Wildman–Crippen MR) is 92.9 cm³/mol. The van der Waals surface area contributed by atoms with Crippen LogP contribution in [0.5, 0.6) is 5.75 Å². The summed E-state index contributed by atoms with van der Waals surface area (Å²) in [5, 5.41) is 0. The summed E-state index contributed by atoms with van der Waals surface area (Å²) in [4.78, 5) is 11.5. The van der Waals surface area contributed by atoms with Crippen molar-refractivity contribution < 1.29 is 17.9 Å². The van der Waals surface area contributed by atoms with Crippen LogP contribution in [0.3, 0.4) is 0 Å². The minimum atomic E-state index is -3.69. The zero-order chi connectivity index (χ0) is 17.9. The van der Waals surface area contributed by atoms with Crippen molar-refractivity contribution in [1.29, 1.82) is 0 Å². The molecule has 0 bridgehead atoms. The number of hydrogen-bond acceptors (Lipinski definition) is 4. The van der Waals surface area contributed by atoms with Gasteiger partial charge in [0, 0.05) is 12.1 Å². The Kier molecular flexibility index (Phi) is 5.41. The number of rotatable bonds is 6. The molecule has 0 radical (unpaired) electrons. The van der Waals surface area contributed by atoms with E-state index in [0.717, 1.165) is 22.4 Å². The van der Waals surface area contributed by atoms with Crippen molar-refractivity contribution in [3.05, 3.63) is 58.7 Å². The first kappa shape index (κ1) is 18.2. The lowest BCUT2D eigenvalue weighted by atomic mass is 10.0. The first-order chi connectivity index (χ1) is 11.2. The van der Waals surface area contributed by atoms with Crippen LogP contribution in [-0.4, -0.2) is 21.3 Å². The molecule has 0 amide bonds. The Morgan fingerprint density at radius 2 is 1.83 bits per heavy atom. The minimum absolute atomic E-state index is 0.0816. The maximum absolute atomic E-state index is 12.5. The molecule has 0 aliphatic heterocycles. The molecule has 1 N–H and O–H groups in total. The van der Waals surface area contributed by atoms with E-state index in [9.17, 15) is 13.2 Å². The van der Waals surface area contributed by atoms with Crippen LogP contribution in [0.1, 0.15) is 34.0 Å². The van der Waals surface area contributed by atoms with Crippen LogP contribution in [0.25, 0.3) is 0 Å². The maximum atomic E-state index is 12.5. The molecule has 0 aliphatic carbocycles. The summed E-state index contributed by atoms with van der Waals surface area (Å²) in [7, 11) is -2.09. The Labute approximate surface area is 142 Å². The zero-order valence-corrected chi connectivity index (χ0v) is 15.0. The lowest BCUT2D eigenvalue weighted by molar-refractivity contribution is 0.101. The summed E-state index contributed by atoms with van der Waals surface area (Å²) in [6.45, 7) is 5.39. The number of sulfonamides is 1. The summed E-state index contributed by atoms with van der Waals surface area (Å²) in [6.07, 6.45) is 0. The molecule has 0 atom stereocenters. The molecule has 0 aliphatic rings. The fourth-order valence-electron chi connectivity index (χ4n) is 2.40. The van der Waals surface area contributed by atoms with Gasteiger partial charge in [0.25, 0.3) is 0 Å². The topological polar surface area (TPSA) is 72.5 Å². The standard InChI is InChI=1S/C18H21NO4S/c1-12-9-18(23-4)13(2)8-16(12)11-19-24(21,22)17-7-5-6-15(10-17)14(3)20/h5-10,19H,11H2,1-4H3. The molecule has 0 saturated heterocycles. The molecule has 0 spiro atoms. The van der Waals surface area contributed by atoms with Crippen molar-refractivity contribution in [1.82, 2.24) is 4.72 Å². The van der Waals surface area contributed by atoms with E-state index in [4.69, 9.17) is 4.74 Å². The number of hydrogen-bond donors (Lipinski definition) is 1. The van der Waals surface area contributed by atoms with Gasteiger partial charge in [0.2, 0.25) is 10.0 Å². The Morgan fingerprint density at radius 1 is 1.12 bits per heavy atom. The molecule has 6 heteroatoms. The van der Waals surface area contributed by atoms with E-state index in [1.807, 2.05) is 26.0 Å². The van der Waals surface area contributed by atoms with Gasteiger partial charge >= 0.3 is 0 Å². The lowest BCUT2D eigenvalue weighted by Gasteiger charge is -2.13. The van der Waals surface area contributed by atoms with Gasteiger partial charge in [0.1, 0.15) is 5.75 Å².